The smallest absolute Gasteiger partial charge is 0.398 e. The maximum absolute atomic E-state index is 12.6. The van der Waals surface area contributed by atoms with Gasteiger partial charge in [-0.15, -0.1) is 0 Å². The maximum atomic E-state index is 12.6. The van der Waals surface area contributed by atoms with E-state index in [1.807, 2.05) is 0 Å². The molecule has 1 amide bonds. The zero-order chi connectivity index (χ0) is 14.6. The third kappa shape index (κ3) is 3.85. The molecule has 0 aromatic heterocycles. The molecular formula is C12H15F3N2O2. The van der Waals surface area contributed by atoms with E-state index in [2.05, 4.69) is 0 Å². The number of anilines is 1. The lowest BCUT2D eigenvalue weighted by Crippen LogP contribution is -2.30. The summed E-state index contributed by atoms with van der Waals surface area (Å²) in [5.41, 5.74) is 4.51. The van der Waals surface area contributed by atoms with Crippen LogP contribution in [0.25, 0.3) is 0 Å². The van der Waals surface area contributed by atoms with Crippen LogP contribution < -0.4 is 5.73 Å². The molecule has 1 rings (SSSR count). The van der Waals surface area contributed by atoms with E-state index in [1.165, 1.54) is 19.1 Å². The lowest BCUT2D eigenvalue weighted by atomic mass is 10.1. The van der Waals surface area contributed by atoms with Crippen LogP contribution in [0.4, 0.5) is 18.9 Å². The topological polar surface area (TPSA) is 55.6 Å². The zero-order valence-corrected chi connectivity index (χ0v) is 10.6. The number of carbonyl (C=O) groups excluding carboxylic acids is 1. The van der Waals surface area contributed by atoms with Gasteiger partial charge in [0.05, 0.1) is 17.7 Å². The van der Waals surface area contributed by atoms with Gasteiger partial charge < -0.3 is 15.4 Å². The zero-order valence-electron chi connectivity index (χ0n) is 10.6. The van der Waals surface area contributed by atoms with Crippen molar-refractivity contribution in [1.29, 1.82) is 0 Å². The summed E-state index contributed by atoms with van der Waals surface area (Å²) in [5, 5.41) is 0. The van der Waals surface area contributed by atoms with Crippen molar-refractivity contribution >= 4 is 11.6 Å². The van der Waals surface area contributed by atoms with E-state index < -0.39 is 17.6 Å². The number of methoxy groups -OCH3 is 1. The summed E-state index contributed by atoms with van der Waals surface area (Å²) < 4.78 is 42.5. The highest BCUT2D eigenvalue weighted by molar-refractivity contribution is 5.99. The summed E-state index contributed by atoms with van der Waals surface area (Å²) >= 11 is 0. The van der Waals surface area contributed by atoms with Crippen molar-refractivity contribution in [3.05, 3.63) is 29.3 Å². The Bertz CT molecular complexity index is 461. The van der Waals surface area contributed by atoms with Gasteiger partial charge in [0.1, 0.15) is 0 Å². The Morgan fingerprint density at radius 1 is 1.42 bits per heavy atom. The minimum atomic E-state index is -4.51. The molecule has 0 aliphatic heterocycles. The van der Waals surface area contributed by atoms with Crippen molar-refractivity contribution in [3.8, 4) is 0 Å². The predicted octanol–water partition coefficient (Wildman–Crippen LogP) is 2.01. The number of benzene rings is 1. The molecule has 106 valence electrons. The summed E-state index contributed by atoms with van der Waals surface area (Å²) in [6.45, 7) is 0.562. The third-order valence-corrected chi connectivity index (χ3v) is 2.59. The molecule has 4 nitrogen and oxygen atoms in total. The average Bonchev–Trinajstić information content (AvgIpc) is 2.34. The first-order valence-electron chi connectivity index (χ1n) is 5.48. The molecule has 2 N–H and O–H groups in total. The minimum Gasteiger partial charge on any atom is -0.398 e. The van der Waals surface area contributed by atoms with Gasteiger partial charge in [-0.2, -0.15) is 13.2 Å². The standard InChI is InChI=1S/C12H15F3N2O2/c1-17(5-6-19-2)11(18)9-7-8(12(13,14)15)3-4-10(9)16/h3-4,7H,5-6,16H2,1-2H3. The normalized spacial score (nSPS) is 11.4. The van der Waals surface area contributed by atoms with Gasteiger partial charge >= 0.3 is 6.18 Å². The van der Waals surface area contributed by atoms with Crippen LogP contribution in [0.2, 0.25) is 0 Å². The van der Waals surface area contributed by atoms with E-state index in [4.69, 9.17) is 10.5 Å². The Kier molecular flexibility index (Phi) is 4.77. The van der Waals surface area contributed by atoms with Crippen molar-refractivity contribution in [2.24, 2.45) is 0 Å². The van der Waals surface area contributed by atoms with E-state index in [9.17, 15) is 18.0 Å². The van der Waals surface area contributed by atoms with Gasteiger partial charge in [0, 0.05) is 26.4 Å². The van der Waals surface area contributed by atoms with Crippen LogP contribution in [-0.4, -0.2) is 38.1 Å². The van der Waals surface area contributed by atoms with Gasteiger partial charge in [0.25, 0.3) is 5.91 Å². The van der Waals surface area contributed by atoms with Crippen molar-refractivity contribution in [2.45, 2.75) is 6.18 Å². The number of likely N-dealkylation sites (N-methyl/N-ethyl adjacent to an activating group) is 1. The molecule has 1 aromatic carbocycles. The van der Waals surface area contributed by atoms with Gasteiger partial charge in [0.15, 0.2) is 0 Å². The van der Waals surface area contributed by atoms with Gasteiger partial charge in [-0.05, 0) is 18.2 Å². The number of ether oxygens (including phenoxy) is 1. The van der Waals surface area contributed by atoms with Crippen molar-refractivity contribution in [2.75, 3.05) is 33.0 Å². The molecule has 0 unspecified atom stereocenters. The molecule has 0 spiro atoms. The molecule has 1 aromatic rings. The monoisotopic (exact) mass is 276 g/mol. The van der Waals surface area contributed by atoms with Gasteiger partial charge in [-0.3, -0.25) is 4.79 Å². The second kappa shape index (κ2) is 5.92. The highest BCUT2D eigenvalue weighted by Gasteiger charge is 2.31. The Morgan fingerprint density at radius 2 is 2.05 bits per heavy atom. The Hall–Kier alpha value is -1.76. The quantitative estimate of drug-likeness (QED) is 0.856. The molecule has 0 fully saturated rings. The van der Waals surface area contributed by atoms with E-state index in [1.54, 1.807) is 0 Å². The molecule has 0 aliphatic carbocycles. The SMILES string of the molecule is COCCN(C)C(=O)c1cc(C(F)(F)F)ccc1N. The molecule has 0 saturated carbocycles. The summed E-state index contributed by atoms with van der Waals surface area (Å²) in [7, 11) is 2.94. The largest absolute Gasteiger partial charge is 0.416 e. The first-order valence-corrected chi connectivity index (χ1v) is 5.48. The van der Waals surface area contributed by atoms with Crippen molar-refractivity contribution in [3.63, 3.8) is 0 Å². The van der Waals surface area contributed by atoms with E-state index >= 15 is 0 Å². The second-order valence-corrected chi connectivity index (χ2v) is 4.02. The maximum Gasteiger partial charge on any atom is 0.416 e. The van der Waals surface area contributed by atoms with Crippen LogP contribution >= 0.6 is 0 Å². The molecule has 0 heterocycles. The fraction of sp³-hybridized carbons (Fsp3) is 0.417. The van der Waals surface area contributed by atoms with Gasteiger partial charge in [-0.25, -0.2) is 0 Å². The highest BCUT2D eigenvalue weighted by Crippen LogP contribution is 2.31. The van der Waals surface area contributed by atoms with Crippen LogP contribution in [-0.2, 0) is 10.9 Å². The fourth-order valence-electron chi connectivity index (χ4n) is 1.45. The fourth-order valence-corrected chi connectivity index (χ4v) is 1.45. The number of nitrogen functional groups attached to an aromatic ring is 1. The lowest BCUT2D eigenvalue weighted by molar-refractivity contribution is -0.137. The van der Waals surface area contributed by atoms with E-state index in [-0.39, 0.29) is 17.8 Å². The molecule has 19 heavy (non-hydrogen) atoms. The molecule has 0 aliphatic rings. The lowest BCUT2D eigenvalue weighted by Gasteiger charge is -2.18. The summed E-state index contributed by atoms with van der Waals surface area (Å²) in [6.07, 6.45) is -4.51. The number of nitrogens with zero attached hydrogens (tertiary/aromatic N) is 1. The Labute approximate surface area is 108 Å². The summed E-state index contributed by atoms with van der Waals surface area (Å²) in [5.74, 6) is -0.569. The van der Waals surface area contributed by atoms with Crippen molar-refractivity contribution in [1.82, 2.24) is 4.90 Å². The number of hydrogen-bond donors (Lipinski definition) is 1. The summed E-state index contributed by atoms with van der Waals surface area (Å²) in [6, 6.07) is 2.70. The average molecular weight is 276 g/mol. The van der Waals surface area contributed by atoms with Crippen LogP contribution in [0.5, 0.6) is 0 Å². The van der Waals surface area contributed by atoms with Crippen LogP contribution in [0.3, 0.4) is 0 Å². The number of halogens is 3. The van der Waals surface area contributed by atoms with Crippen LogP contribution in [0, 0.1) is 0 Å². The summed E-state index contributed by atoms with van der Waals surface area (Å²) in [4.78, 5) is 13.2. The predicted molar refractivity (Wildman–Crippen MR) is 64.7 cm³/mol. The third-order valence-electron chi connectivity index (χ3n) is 2.59. The molecule has 0 atom stereocenters. The number of rotatable bonds is 4. The number of hydrogen-bond acceptors (Lipinski definition) is 3. The van der Waals surface area contributed by atoms with Gasteiger partial charge in [0.2, 0.25) is 0 Å². The van der Waals surface area contributed by atoms with Crippen LogP contribution in [0.15, 0.2) is 18.2 Å². The second-order valence-electron chi connectivity index (χ2n) is 4.02. The number of alkyl halides is 3. The van der Waals surface area contributed by atoms with Gasteiger partial charge in [-0.1, -0.05) is 0 Å². The molecule has 7 heteroatoms. The number of nitrogens with two attached hydrogens (primary N) is 1. The first-order chi connectivity index (χ1) is 8.77. The highest BCUT2D eigenvalue weighted by atomic mass is 19.4. The molecule has 0 radical (unpaired) electrons. The number of amides is 1. The molecular weight excluding hydrogens is 261 g/mol. The van der Waals surface area contributed by atoms with Crippen LogP contribution in [0.1, 0.15) is 15.9 Å². The van der Waals surface area contributed by atoms with E-state index in [0.29, 0.717) is 6.61 Å². The first kappa shape index (κ1) is 15.3. The minimum absolute atomic E-state index is 0.0160. The number of carbonyl (C=O) groups is 1. The van der Waals surface area contributed by atoms with E-state index in [0.717, 1.165) is 18.2 Å². The Morgan fingerprint density at radius 3 is 2.58 bits per heavy atom. The molecule has 0 saturated heterocycles. The molecule has 0 bridgehead atoms. The Balaban J connectivity index is 3.02. The van der Waals surface area contributed by atoms with Crippen molar-refractivity contribution < 1.29 is 22.7 Å².